The third-order valence-electron chi connectivity index (χ3n) is 7.66. The molecule has 1 heterocycles. The van der Waals surface area contributed by atoms with Gasteiger partial charge < -0.3 is 20.1 Å². The van der Waals surface area contributed by atoms with Crippen LogP contribution in [-0.4, -0.2) is 44.0 Å². The van der Waals surface area contributed by atoms with Crippen LogP contribution < -0.4 is 20.1 Å². The van der Waals surface area contributed by atoms with Gasteiger partial charge in [0.25, 0.3) is 5.91 Å². The zero-order valence-electron chi connectivity index (χ0n) is 23.4. The number of rotatable bonds is 11. The number of likely N-dealkylation sites (tertiary alicyclic amines) is 1. The number of piperidine rings is 1. The van der Waals surface area contributed by atoms with Crippen molar-refractivity contribution >= 4 is 11.8 Å². The smallest absolute Gasteiger partial charge is 0.251 e. The molecule has 1 unspecified atom stereocenters. The second-order valence-electron chi connectivity index (χ2n) is 10.3. The average molecular weight is 548 g/mol. The van der Waals surface area contributed by atoms with Gasteiger partial charge in [0.05, 0.1) is 14.2 Å². The highest BCUT2D eigenvalue weighted by atomic mass is 19.1. The number of carbonyl (C=O) groups is 2. The minimum Gasteiger partial charge on any atom is -0.493 e. The Bertz CT molecular complexity index is 1270. The molecule has 1 saturated heterocycles. The Hall–Kier alpha value is -3.91. The number of halogens is 1. The molecule has 1 fully saturated rings. The lowest BCUT2D eigenvalue weighted by Crippen LogP contribution is -2.40. The van der Waals surface area contributed by atoms with E-state index in [9.17, 15) is 14.0 Å². The van der Waals surface area contributed by atoms with Gasteiger partial charge in [-0.1, -0.05) is 37.3 Å². The number of benzene rings is 3. The van der Waals surface area contributed by atoms with Crippen molar-refractivity contribution in [3.8, 4) is 11.5 Å². The van der Waals surface area contributed by atoms with Crippen LogP contribution in [0.15, 0.2) is 66.7 Å². The van der Waals surface area contributed by atoms with E-state index in [1.54, 1.807) is 26.4 Å². The van der Waals surface area contributed by atoms with Gasteiger partial charge in [0.2, 0.25) is 5.91 Å². The number of amides is 2. The van der Waals surface area contributed by atoms with Gasteiger partial charge in [-0.15, -0.1) is 0 Å². The van der Waals surface area contributed by atoms with Crippen LogP contribution in [0.3, 0.4) is 0 Å². The first-order valence-electron chi connectivity index (χ1n) is 13.7. The Morgan fingerprint density at radius 2 is 1.45 bits per heavy atom. The summed E-state index contributed by atoms with van der Waals surface area (Å²) in [5, 5.41) is 5.98. The van der Waals surface area contributed by atoms with E-state index in [2.05, 4.69) is 15.5 Å². The van der Waals surface area contributed by atoms with E-state index in [1.165, 1.54) is 12.1 Å². The van der Waals surface area contributed by atoms with Crippen LogP contribution >= 0.6 is 0 Å². The predicted octanol–water partition coefficient (Wildman–Crippen LogP) is 4.94. The van der Waals surface area contributed by atoms with Gasteiger partial charge in [-0.25, -0.2) is 4.39 Å². The fraction of sp³-hybridized carbons (Fsp3) is 0.375. The Morgan fingerprint density at radius 3 is 2.10 bits per heavy atom. The van der Waals surface area contributed by atoms with Gasteiger partial charge in [-0.2, -0.15) is 0 Å². The van der Waals surface area contributed by atoms with Crippen LogP contribution in [0.25, 0.3) is 0 Å². The normalized spacial score (nSPS) is 14.8. The van der Waals surface area contributed by atoms with Crippen molar-refractivity contribution in [3.05, 3.63) is 94.8 Å². The summed E-state index contributed by atoms with van der Waals surface area (Å²) in [7, 11) is 3.16. The van der Waals surface area contributed by atoms with Crippen LogP contribution in [-0.2, 0) is 24.4 Å². The minimum atomic E-state index is -0.217. The molecule has 212 valence electrons. The number of hydrogen-bond donors (Lipinski definition) is 2. The zero-order chi connectivity index (χ0) is 28.5. The maximum Gasteiger partial charge on any atom is 0.251 e. The Kier molecular flexibility index (Phi) is 10.1. The number of methoxy groups -OCH3 is 2. The lowest BCUT2D eigenvalue weighted by molar-refractivity contribution is -0.126. The van der Waals surface area contributed by atoms with Crippen molar-refractivity contribution in [3.63, 3.8) is 0 Å². The quantitative estimate of drug-likeness (QED) is 0.356. The van der Waals surface area contributed by atoms with Crippen molar-refractivity contribution in [2.75, 3.05) is 27.3 Å². The molecular formula is C32H38FN3O4. The minimum absolute atomic E-state index is 0.0497. The van der Waals surface area contributed by atoms with E-state index in [1.807, 2.05) is 49.4 Å². The van der Waals surface area contributed by atoms with Crippen LogP contribution in [0.2, 0.25) is 0 Å². The SMILES string of the molecule is COc1ccc(CNC(=O)c2ccc(CNC(=O)C(C)C3CCN(Cc4ccc(F)cc4)CC3)cc2)cc1OC. The first-order valence-corrected chi connectivity index (χ1v) is 13.7. The molecule has 0 bridgehead atoms. The van der Waals surface area contributed by atoms with E-state index >= 15 is 0 Å². The van der Waals surface area contributed by atoms with Crippen molar-refractivity contribution in [1.82, 2.24) is 15.5 Å². The fourth-order valence-electron chi connectivity index (χ4n) is 5.07. The number of ether oxygens (including phenoxy) is 2. The van der Waals surface area contributed by atoms with Crippen molar-refractivity contribution in [2.45, 2.75) is 39.4 Å². The van der Waals surface area contributed by atoms with E-state index in [0.29, 0.717) is 36.1 Å². The first-order chi connectivity index (χ1) is 19.4. The number of carbonyl (C=O) groups excluding carboxylic acids is 2. The number of nitrogens with zero attached hydrogens (tertiary/aromatic N) is 1. The third-order valence-corrected chi connectivity index (χ3v) is 7.66. The molecule has 2 amide bonds. The standard InChI is InChI=1S/C32H38FN3O4/c1-22(26-14-16-36(17-15-26)21-24-6-11-28(33)12-7-24)31(37)34-19-23-4-9-27(10-5-23)32(38)35-20-25-8-13-29(39-2)30(18-25)40-3/h4-13,18,22,26H,14-17,19-21H2,1-3H3,(H,34,37)(H,35,38). The lowest BCUT2D eigenvalue weighted by atomic mass is 9.84. The highest BCUT2D eigenvalue weighted by molar-refractivity contribution is 5.94. The number of hydrogen-bond acceptors (Lipinski definition) is 5. The summed E-state index contributed by atoms with van der Waals surface area (Å²) >= 11 is 0. The maximum atomic E-state index is 13.1. The van der Waals surface area contributed by atoms with Gasteiger partial charge in [-0.3, -0.25) is 14.5 Å². The van der Waals surface area contributed by atoms with E-state index in [-0.39, 0.29) is 23.5 Å². The molecule has 8 heteroatoms. The molecule has 40 heavy (non-hydrogen) atoms. The molecule has 3 aromatic carbocycles. The molecule has 0 saturated carbocycles. The Morgan fingerprint density at radius 1 is 0.850 bits per heavy atom. The van der Waals surface area contributed by atoms with Crippen molar-refractivity contribution < 1.29 is 23.5 Å². The average Bonchev–Trinajstić information content (AvgIpc) is 2.99. The Balaban J connectivity index is 1.19. The molecule has 0 aromatic heterocycles. The molecule has 1 atom stereocenters. The second-order valence-corrected chi connectivity index (χ2v) is 10.3. The van der Waals surface area contributed by atoms with Gasteiger partial charge in [0.15, 0.2) is 11.5 Å². The van der Waals surface area contributed by atoms with Crippen molar-refractivity contribution in [1.29, 1.82) is 0 Å². The summed E-state index contributed by atoms with van der Waals surface area (Å²) < 4.78 is 23.7. The van der Waals surface area contributed by atoms with E-state index in [4.69, 9.17) is 9.47 Å². The molecule has 7 nitrogen and oxygen atoms in total. The summed E-state index contributed by atoms with van der Waals surface area (Å²) in [6.07, 6.45) is 1.92. The summed E-state index contributed by atoms with van der Waals surface area (Å²) in [5.41, 5.74) is 3.49. The molecule has 2 N–H and O–H groups in total. The van der Waals surface area contributed by atoms with Crippen LogP contribution in [0, 0.1) is 17.7 Å². The van der Waals surface area contributed by atoms with Gasteiger partial charge in [0, 0.05) is 31.1 Å². The predicted molar refractivity (Wildman–Crippen MR) is 153 cm³/mol. The monoisotopic (exact) mass is 547 g/mol. The molecule has 0 spiro atoms. The Labute approximate surface area is 235 Å². The molecule has 1 aliphatic heterocycles. The summed E-state index contributed by atoms with van der Waals surface area (Å²) in [5.74, 6) is 1.17. The zero-order valence-corrected chi connectivity index (χ0v) is 23.4. The molecular weight excluding hydrogens is 509 g/mol. The molecule has 4 rings (SSSR count). The van der Waals surface area contributed by atoms with E-state index < -0.39 is 0 Å². The summed E-state index contributed by atoms with van der Waals surface area (Å²) in [6.45, 7) is 5.43. The lowest BCUT2D eigenvalue weighted by Gasteiger charge is -2.34. The molecule has 1 aliphatic rings. The highest BCUT2D eigenvalue weighted by Crippen LogP contribution is 2.28. The topological polar surface area (TPSA) is 79.9 Å². The van der Waals surface area contributed by atoms with Crippen LogP contribution in [0.1, 0.15) is 46.8 Å². The van der Waals surface area contributed by atoms with Crippen LogP contribution in [0.5, 0.6) is 11.5 Å². The number of nitrogens with one attached hydrogen (secondary N) is 2. The van der Waals surface area contributed by atoms with Gasteiger partial charge in [0.1, 0.15) is 5.82 Å². The van der Waals surface area contributed by atoms with Crippen LogP contribution in [0.4, 0.5) is 4.39 Å². The second kappa shape index (κ2) is 13.9. The summed E-state index contributed by atoms with van der Waals surface area (Å²) in [6, 6.07) is 19.5. The highest BCUT2D eigenvalue weighted by Gasteiger charge is 2.28. The third kappa shape index (κ3) is 7.82. The maximum absolute atomic E-state index is 13.1. The van der Waals surface area contributed by atoms with Crippen molar-refractivity contribution in [2.24, 2.45) is 11.8 Å². The van der Waals surface area contributed by atoms with Gasteiger partial charge >= 0.3 is 0 Å². The largest absolute Gasteiger partial charge is 0.493 e. The molecule has 3 aromatic rings. The summed E-state index contributed by atoms with van der Waals surface area (Å²) in [4.78, 5) is 27.8. The van der Waals surface area contributed by atoms with Gasteiger partial charge in [-0.05, 0) is 84.9 Å². The fourth-order valence-corrected chi connectivity index (χ4v) is 5.07. The molecule has 0 aliphatic carbocycles. The first kappa shape index (κ1) is 29.1. The van der Waals surface area contributed by atoms with E-state index in [0.717, 1.165) is 49.2 Å². The molecule has 0 radical (unpaired) electrons.